The molecule has 2 heterocycles. The summed E-state index contributed by atoms with van der Waals surface area (Å²) in [6.45, 7) is 2.12. The molecule has 0 unspecified atom stereocenters. The van der Waals surface area contributed by atoms with Gasteiger partial charge in [-0.1, -0.05) is 6.07 Å². The number of amides is 2. The van der Waals surface area contributed by atoms with Crippen LogP contribution in [0.2, 0.25) is 0 Å². The van der Waals surface area contributed by atoms with Crippen molar-refractivity contribution in [3.8, 4) is 0 Å². The maximum atomic E-state index is 11.6. The summed E-state index contributed by atoms with van der Waals surface area (Å²) in [5.74, 6) is -0.297. The molecule has 0 spiro atoms. The molecule has 5 heteroatoms. The topological polar surface area (TPSA) is 49.4 Å². The summed E-state index contributed by atoms with van der Waals surface area (Å²) in [5.41, 5.74) is 0. The van der Waals surface area contributed by atoms with Crippen molar-refractivity contribution in [1.82, 2.24) is 10.2 Å². The highest BCUT2D eigenvalue weighted by Crippen LogP contribution is 2.08. The van der Waals surface area contributed by atoms with Gasteiger partial charge in [-0.3, -0.25) is 9.59 Å². The Balaban J connectivity index is 1.74. The first kappa shape index (κ1) is 12.8. The Morgan fingerprint density at radius 3 is 2.78 bits per heavy atom. The predicted octanol–water partition coefficient (Wildman–Crippen LogP) is 1.54. The average molecular weight is 264 g/mol. The van der Waals surface area contributed by atoms with Crippen LogP contribution >= 0.6 is 11.3 Å². The molecule has 96 valence electrons. The van der Waals surface area contributed by atoms with Gasteiger partial charge in [0.1, 0.15) is 0 Å². The summed E-state index contributed by atoms with van der Waals surface area (Å²) in [6.07, 6.45) is 4.79. The number of carbonyl (C=O) groups is 2. The number of nitrogens with zero attached hydrogens (tertiary/aromatic N) is 1. The molecule has 0 aromatic carbocycles. The molecule has 1 fully saturated rings. The maximum Gasteiger partial charge on any atom is 0.246 e. The Hall–Kier alpha value is -1.62. The van der Waals surface area contributed by atoms with E-state index in [4.69, 9.17) is 0 Å². The molecule has 18 heavy (non-hydrogen) atoms. The summed E-state index contributed by atoms with van der Waals surface area (Å²) in [4.78, 5) is 26.0. The van der Waals surface area contributed by atoms with Crippen LogP contribution in [0.4, 0.5) is 0 Å². The van der Waals surface area contributed by atoms with Crippen LogP contribution in [0.3, 0.4) is 0 Å². The fourth-order valence-electron chi connectivity index (χ4n) is 1.84. The molecule has 1 aromatic rings. The van der Waals surface area contributed by atoms with Gasteiger partial charge in [0.2, 0.25) is 11.8 Å². The third-order valence-corrected chi connectivity index (χ3v) is 3.69. The quantitative estimate of drug-likeness (QED) is 0.839. The van der Waals surface area contributed by atoms with E-state index in [-0.39, 0.29) is 11.8 Å². The van der Waals surface area contributed by atoms with E-state index >= 15 is 0 Å². The van der Waals surface area contributed by atoms with E-state index in [0.717, 1.165) is 30.8 Å². The smallest absolute Gasteiger partial charge is 0.246 e. The Labute approximate surface area is 110 Å². The van der Waals surface area contributed by atoms with Crippen molar-refractivity contribution < 1.29 is 9.59 Å². The first-order chi connectivity index (χ1) is 8.75. The van der Waals surface area contributed by atoms with Crippen molar-refractivity contribution in [2.24, 2.45) is 0 Å². The van der Waals surface area contributed by atoms with Crippen LogP contribution in [0.5, 0.6) is 0 Å². The third-order valence-electron chi connectivity index (χ3n) is 2.81. The van der Waals surface area contributed by atoms with Crippen LogP contribution in [-0.2, 0) is 16.1 Å². The van der Waals surface area contributed by atoms with Crippen molar-refractivity contribution in [3.63, 3.8) is 0 Å². The second-order valence-corrected chi connectivity index (χ2v) is 5.20. The molecule has 2 amide bonds. The van der Waals surface area contributed by atoms with Gasteiger partial charge in [-0.05, 0) is 24.3 Å². The van der Waals surface area contributed by atoms with Gasteiger partial charge < -0.3 is 10.2 Å². The predicted molar refractivity (Wildman–Crippen MR) is 71.1 cm³/mol. The van der Waals surface area contributed by atoms with Gasteiger partial charge in [-0.2, -0.15) is 0 Å². The molecular weight excluding hydrogens is 248 g/mol. The Morgan fingerprint density at radius 1 is 1.33 bits per heavy atom. The number of hydrogen-bond donors (Lipinski definition) is 1. The van der Waals surface area contributed by atoms with Crippen LogP contribution in [0, 0.1) is 0 Å². The van der Waals surface area contributed by atoms with E-state index in [9.17, 15) is 9.59 Å². The molecule has 0 atom stereocenters. The maximum absolute atomic E-state index is 11.6. The SMILES string of the molecule is O=C(C=CC(=O)N1CCCC1)NCc1cccs1. The lowest BCUT2D eigenvalue weighted by Gasteiger charge is -2.11. The van der Waals surface area contributed by atoms with E-state index in [1.54, 1.807) is 16.2 Å². The zero-order valence-electron chi connectivity index (χ0n) is 10.1. The Kier molecular flexibility index (Phi) is 4.52. The standard InChI is InChI=1S/C13H16N2O2S/c16-12(14-10-11-4-3-9-18-11)5-6-13(17)15-7-1-2-8-15/h3-6,9H,1-2,7-8,10H2,(H,14,16). The summed E-state index contributed by atoms with van der Waals surface area (Å²) in [5, 5.41) is 4.71. The van der Waals surface area contributed by atoms with Gasteiger partial charge in [-0.25, -0.2) is 0 Å². The fourth-order valence-corrected chi connectivity index (χ4v) is 2.48. The second kappa shape index (κ2) is 6.35. The van der Waals surface area contributed by atoms with Gasteiger partial charge in [0.05, 0.1) is 6.54 Å². The second-order valence-electron chi connectivity index (χ2n) is 4.16. The lowest BCUT2D eigenvalue weighted by Crippen LogP contribution is -2.26. The van der Waals surface area contributed by atoms with E-state index < -0.39 is 0 Å². The third kappa shape index (κ3) is 3.70. The molecule has 0 saturated carbocycles. The highest BCUT2D eigenvalue weighted by atomic mass is 32.1. The minimum Gasteiger partial charge on any atom is -0.348 e. The Morgan fingerprint density at radius 2 is 2.11 bits per heavy atom. The van der Waals surface area contributed by atoms with E-state index in [1.165, 1.54) is 12.2 Å². The molecule has 1 N–H and O–H groups in total. The largest absolute Gasteiger partial charge is 0.348 e. The molecule has 1 aliphatic rings. The molecule has 2 rings (SSSR count). The monoisotopic (exact) mass is 264 g/mol. The highest BCUT2D eigenvalue weighted by Gasteiger charge is 2.15. The van der Waals surface area contributed by atoms with Gasteiger partial charge in [-0.15, -0.1) is 11.3 Å². The minimum absolute atomic E-state index is 0.0706. The van der Waals surface area contributed by atoms with Gasteiger partial charge in [0.15, 0.2) is 0 Å². The minimum atomic E-state index is -0.226. The first-order valence-electron chi connectivity index (χ1n) is 6.03. The number of hydrogen-bond acceptors (Lipinski definition) is 3. The highest BCUT2D eigenvalue weighted by molar-refractivity contribution is 7.09. The summed E-state index contributed by atoms with van der Waals surface area (Å²) < 4.78 is 0. The van der Waals surface area contributed by atoms with Crippen molar-refractivity contribution in [2.45, 2.75) is 19.4 Å². The normalized spacial score (nSPS) is 15.2. The molecular formula is C13H16N2O2S. The number of carbonyl (C=O) groups excluding carboxylic acids is 2. The van der Waals surface area contributed by atoms with Crippen molar-refractivity contribution in [3.05, 3.63) is 34.5 Å². The number of rotatable bonds is 4. The lowest BCUT2D eigenvalue weighted by atomic mass is 10.4. The molecule has 1 saturated heterocycles. The molecule has 1 aliphatic heterocycles. The number of likely N-dealkylation sites (tertiary alicyclic amines) is 1. The van der Waals surface area contributed by atoms with Gasteiger partial charge >= 0.3 is 0 Å². The molecule has 4 nitrogen and oxygen atoms in total. The van der Waals surface area contributed by atoms with Crippen LogP contribution < -0.4 is 5.32 Å². The van der Waals surface area contributed by atoms with Crippen LogP contribution in [0.1, 0.15) is 17.7 Å². The van der Waals surface area contributed by atoms with E-state index in [0.29, 0.717) is 6.54 Å². The zero-order valence-corrected chi connectivity index (χ0v) is 10.9. The van der Waals surface area contributed by atoms with Crippen molar-refractivity contribution in [2.75, 3.05) is 13.1 Å². The van der Waals surface area contributed by atoms with E-state index in [1.807, 2.05) is 17.5 Å². The molecule has 1 aromatic heterocycles. The number of thiophene rings is 1. The molecule has 0 aliphatic carbocycles. The molecule has 0 bridgehead atoms. The first-order valence-corrected chi connectivity index (χ1v) is 6.91. The van der Waals surface area contributed by atoms with Crippen LogP contribution in [0.15, 0.2) is 29.7 Å². The zero-order chi connectivity index (χ0) is 12.8. The molecule has 0 radical (unpaired) electrons. The van der Waals surface area contributed by atoms with Crippen LogP contribution in [0.25, 0.3) is 0 Å². The summed E-state index contributed by atoms with van der Waals surface area (Å²) >= 11 is 1.60. The fraction of sp³-hybridized carbons (Fsp3) is 0.385. The summed E-state index contributed by atoms with van der Waals surface area (Å²) in [7, 11) is 0. The van der Waals surface area contributed by atoms with Crippen molar-refractivity contribution in [1.29, 1.82) is 0 Å². The van der Waals surface area contributed by atoms with Gasteiger partial charge in [0, 0.05) is 30.1 Å². The summed E-state index contributed by atoms with van der Waals surface area (Å²) in [6, 6.07) is 3.91. The Bertz CT molecular complexity index is 434. The van der Waals surface area contributed by atoms with Gasteiger partial charge in [0.25, 0.3) is 0 Å². The van der Waals surface area contributed by atoms with E-state index in [2.05, 4.69) is 5.32 Å². The average Bonchev–Trinajstić information content (AvgIpc) is 3.05. The van der Waals surface area contributed by atoms with Crippen LogP contribution in [-0.4, -0.2) is 29.8 Å². The lowest BCUT2D eigenvalue weighted by molar-refractivity contribution is -0.125. The van der Waals surface area contributed by atoms with Crippen molar-refractivity contribution >= 4 is 23.2 Å². The number of nitrogens with one attached hydrogen (secondary N) is 1.